The molecule has 0 spiro atoms. The third-order valence-corrected chi connectivity index (χ3v) is 18.8. The molecule has 0 fully saturated rings. The Morgan fingerprint density at radius 3 is 1.51 bits per heavy atom. The van der Waals surface area contributed by atoms with Crippen molar-refractivity contribution in [3.05, 3.63) is 151 Å². The summed E-state index contributed by atoms with van der Waals surface area (Å²) in [6.07, 6.45) is 0. The largest absolute Gasteiger partial charge is 0.507 e. The molecule has 9 N–H and O–H groups in total. The maximum atomic E-state index is 14.2. The lowest BCUT2D eigenvalue weighted by Gasteiger charge is -2.22. The third-order valence-electron chi connectivity index (χ3n) is 13.7. The van der Waals surface area contributed by atoms with E-state index >= 15 is 0 Å². The maximum absolute atomic E-state index is 14.2. The van der Waals surface area contributed by atoms with E-state index < -0.39 is 94.9 Å². The van der Waals surface area contributed by atoms with Crippen molar-refractivity contribution in [3.63, 3.8) is 0 Å². The normalized spacial score (nSPS) is 12.5. The first-order chi connectivity index (χ1) is 37.0. The highest BCUT2D eigenvalue weighted by Crippen LogP contribution is 2.45. The van der Waals surface area contributed by atoms with Crippen molar-refractivity contribution < 1.29 is 77.2 Å². The van der Waals surface area contributed by atoms with Crippen molar-refractivity contribution in [2.24, 2.45) is 4.99 Å². The second kappa shape index (κ2) is 20.4. The van der Waals surface area contributed by atoms with E-state index in [2.05, 4.69) is 19.8 Å². The minimum absolute atomic E-state index is 0.0208. The Hall–Kier alpha value is -8.33. The molecule has 6 aromatic rings. The van der Waals surface area contributed by atoms with Crippen LogP contribution in [0.5, 0.6) is 11.5 Å². The zero-order chi connectivity index (χ0) is 59.2. The minimum Gasteiger partial charge on any atom is -0.507 e. The number of aromatic carboxylic acids is 2. The number of carboxylic acid groups (broad SMARTS) is 2. The summed E-state index contributed by atoms with van der Waals surface area (Å²) in [5.41, 5.74) is 1.73. The number of benzene rings is 7. The quantitative estimate of drug-likeness (QED) is 0.0361. The van der Waals surface area contributed by atoms with Gasteiger partial charge in [-0.15, -0.1) is 0 Å². The smallest absolute Gasteiger partial charge is 0.339 e. The number of carboxylic acids is 2. The lowest BCUT2D eigenvalue weighted by Crippen LogP contribution is -2.19. The Labute approximate surface area is 459 Å². The Morgan fingerprint density at radius 2 is 1.00 bits per heavy atom. The highest BCUT2D eigenvalue weighted by Gasteiger charge is 2.32. The number of fused-ring (bicyclic) bond motifs is 2. The molecule has 1 aliphatic heterocycles. The molecule has 0 amide bonds. The van der Waals surface area contributed by atoms with E-state index in [-0.39, 0.29) is 83.2 Å². The molecule has 8 rings (SSSR count). The van der Waals surface area contributed by atoms with Gasteiger partial charge >= 0.3 is 11.9 Å². The standard InChI is InChI=1S/C55H52N4O17S4/c1-24-17-26(3)50(58-77(66,67)52-28(5)19-39(60)45(30(52)7)54(62)63)32(9)48(24)56-34-15-16-35-41(21-34)76-42-23-38(44(80(73,74)75)22-37(42)47(35)36-13-11-12-14-43(36)79(70,71)72)57-49-25(2)18-27(4)51(33(49)10)59-78(68,69)53-29(6)20-40(61)46(31(53)8)55(64)65/h11-23,56,58-61H,1-10H3,(H,62,63)(H,64,65)(H,70,71,72)(H,73,74,75)/b57-38+. The summed E-state index contributed by atoms with van der Waals surface area (Å²) in [4.78, 5) is 26.6. The average molecular weight is 1170 g/mol. The average Bonchev–Trinajstić information content (AvgIpc) is 3.32. The molecular formula is C55H52N4O17S4. The summed E-state index contributed by atoms with van der Waals surface area (Å²) >= 11 is 0. The number of nitrogens with zero attached hydrogens (tertiary/aromatic N) is 1. The van der Waals surface area contributed by atoms with Crippen molar-refractivity contribution in [1.29, 1.82) is 0 Å². The Balaban J connectivity index is 1.33. The lowest BCUT2D eigenvalue weighted by molar-refractivity contribution is 0.0681. The van der Waals surface area contributed by atoms with Gasteiger partial charge in [-0.3, -0.25) is 18.5 Å². The first-order valence-electron chi connectivity index (χ1n) is 23.9. The number of anilines is 4. The summed E-state index contributed by atoms with van der Waals surface area (Å²) in [7, 11) is -19.3. The van der Waals surface area contributed by atoms with Crippen LogP contribution in [-0.2, 0) is 40.3 Å². The van der Waals surface area contributed by atoms with Gasteiger partial charge in [-0.25, -0.2) is 31.4 Å². The number of nitrogens with one attached hydrogen (secondary N) is 3. The molecule has 1 aliphatic carbocycles. The molecule has 0 aromatic heterocycles. The number of carbonyl (C=O) groups is 2. The van der Waals surface area contributed by atoms with Crippen LogP contribution in [0.2, 0.25) is 0 Å². The fourth-order valence-electron chi connectivity index (χ4n) is 10.4. The van der Waals surface area contributed by atoms with Gasteiger partial charge < -0.3 is 30.2 Å². The lowest BCUT2D eigenvalue weighted by atomic mass is 9.93. The number of phenols is 2. The number of sulfonamides is 2. The molecule has 21 nitrogen and oxygen atoms in total. The predicted molar refractivity (Wildman–Crippen MR) is 298 cm³/mol. The van der Waals surface area contributed by atoms with Crippen molar-refractivity contribution in [2.75, 3.05) is 14.8 Å². The Kier molecular flexibility index (Phi) is 14.7. The molecule has 25 heteroatoms. The van der Waals surface area contributed by atoms with Gasteiger partial charge in [0.05, 0.1) is 32.2 Å². The summed E-state index contributed by atoms with van der Waals surface area (Å²) in [6, 6.07) is 17.4. The summed E-state index contributed by atoms with van der Waals surface area (Å²) in [5.74, 6) is -4.47. The maximum Gasteiger partial charge on any atom is 0.339 e. The van der Waals surface area contributed by atoms with Crippen LogP contribution in [0.3, 0.4) is 0 Å². The van der Waals surface area contributed by atoms with Crippen molar-refractivity contribution >= 4 is 91.6 Å². The number of aryl methyl sites for hydroxylation is 6. The summed E-state index contributed by atoms with van der Waals surface area (Å²) < 4.78 is 143. The van der Waals surface area contributed by atoms with Crippen LogP contribution in [-0.4, -0.2) is 75.1 Å². The van der Waals surface area contributed by atoms with Crippen LogP contribution < -0.4 is 20.1 Å². The highest BCUT2D eigenvalue weighted by atomic mass is 32.2. The van der Waals surface area contributed by atoms with Gasteiger partial charge in [-0.05, 0) is 161 Å². The number of rotatable bonds is 14. The predicted octanol–water partition coefficient (Wildman–Crippen LogP) is 10.2. The zero-order valence-corrected chi connectivity index (χ0v) is 47.5. The molecule has 0 bridgehead atoms. The van der Waals surface area contributed by atoms with Crippen molar-refractivity contribution in [1.82, 2.24) is 0 Å². The van der Waals surface area contributed by atoms with E-state index in [9.17, 15) is 72.8 Å². The minimum atomic E-state index is -5.23. The van der Waals surface area contributed by atoms with Gasteiger partial charge in [0.2, 0.25) is 0 Å². The molecule has 80 heavy (non-hydrogen) atoms. The molecule has 0 radical (unpaired) electrons. The van der Waals surface area contributed by atoms with Gasteiger partial charge in [-0.2, -0.15) is 16.8 Å². The van der Waals surface area contributed by atoms with E-state index in [1.54, 1.807) is 52.8 Å². The van der Waals surface area contributed by atoms with Crippen LogP contribution in [0.1, 0.15) is 76.4 Å². The number of aromatic hydroxyl groups is 2. The molecule has 0 unspecified atom stereocenters. The van der Waals surface area contributed by atoms with E-state index in [1.807, 2.05) is 0 Å². The molecule has 0 saturated heterocycles. The molecular weight excluding hydrogens is 1120 g/mol. The molecule has 0 atom stereocenters. The van der Waals surface area contributed by atoms with Gasteiger partial charge in [0.15, 0.2) is 0 Å². The second-order valence-electron chi connectivity index (χ2n) is 19.3. The fraction of sp³-hybridized carbons (Fsp3) is 0.182. The van der Waals surface area contributed by atoms with Crippen molar-refractivity contribution in [3.8, 4) is 33.9 Å². The van der Waals surface area contributed by atoms with E-state index in [4.69, 9.17) is 4.42 Å². The molecule has 1 heterocycles. The monoisotopic (exact) mass is 1170 g/mol. The topological polar surface area (TPSA) is 354 Å². The summed E-state index contributed by atoms with van der Waals surface area (Å²) in [6.45, 7) is 15.1. The van der Waals surface area contributed by atoms with Gasteiger partial charge in [0.1, 0.15) is 43.8 Å². The Morgan fingerprint density at radius 1 is 0.512 bits per heavy atom. The van der Waals surface area contributed by atoms with E-state index in [1.165, 1.54) is 71.0 Å². The number of hydrogen-bond acceptors (Lipinski definition) is 15. The van der Waals surface area contributed by atoms with Crippen LogP contribution in [0.15, 0.2) is 108 Å². The van der Waals surface area contributed by atoms with Gasteiger partial charge in [-0.1, -0.05) is 30.3 Å². The molecule has 6 aromatic carbocycles. The van der Waals surface area contributed by atoms with Crippen LogP contribution >= 0.6 is 0 Å². The molecule has 418 valence electrons. The van der Waals surface area contributed by atoms with Crippen LogP contribution in [0, 0.1) is 69.2 Å². The molecule has 0 saturated carbocycles. The third kappa shape index (κ3) is 10.4. The van der Waals surface area contributed by atoms with Crippen LogP contribution in [0.4, 0.5) is 28.4 Å². The number of hydrogen-bond donors (Lipinski definition) is 9. The van der Waals surface area contributed by atoms with E-state index in [0.29, 0.717) is 39.2 Å². The molecule has 2 aliphatic rings. The zero-order valence-electron chi connectivity index (χ0n) is 44.3. The van der Waals surface area contributed by atoms with Gasteiger partial charge in [0.25, 0.3) is 40.3 Å². The van der Waals surface area contributed by atoms with Gasteiger partial charge in [0, 0.05) is 45.6 Å². The Bertz CT molecular complexity index is 4570. The highest BCUT2D eigenvalue weighted by molar-refractivity contribution is 7.93. The SMILES string of the molecule is Cc1cc(C)c(NS(=O)(=O)c2c(C)cc(O)c(C(=O)O)c2C)c(C)c1/N=c1\cc2oc3cc(Nc4c(C)cc(C)c(NS(=O)(=O)c5c(C)cc(O)c(C(=O)O)c5C)c4C)ccc3c(-c3ccccc3S(=O)(=O)O)c-2cc1S(=O)(=O)O. The van der Waals surface area contributed by atoms with E-state index in [0.717, 1.165) is 24.3 Å². The first kappa shape index (κ1) is 57.8. The fourth-order valence-corrected chi connectivity index (χ4v) is 15.1. The summed E-state index contributed by atoms with van der Waals surface area (Å²) in [5, 5.41) is 43.4. The van der Waals surface area contributed by atoms with Crippen molar-refractivity contribution in [2.45, 2.75) is 88.8 Å². The van der Waals surface area contributed by atoms with Crippen LogP contribution in [0.25, 0.3) is 33.4 Å². The first-order valence-corrected chi connectivity index (χ1v) is 29.7. The second-order valence-corrected chi connectivity index (χ2v) is 25.4.